The van der Waals surface area contributed by atoms with Gasteiger partial charge in [0.25, 0.3) is 5.91 Å². The summed E-state index contributed by atoms with van der Waals surface area (Å²) in [5.74, 6) is -3.36. The number of carbonyl (C=O) groups is 2. The van der Waals surface area contributed by atoms with E-state index in [0.717, 1.165) is 28.6 Å². The van der Waals surface area contributed by atoms with E-state index in [1.807, 2.05) is 31.2 Å². The number of alkyl halides is 1. The van der Waals surface area contributed by atoms with Crippen molar-refractivity contribution >= 4 is 22.8 Å². The van der Waals surface area contributed by atoms with Gasteiger partial charge in [-0.15, -0.1) is 0 Å². The number of para-hydroxylation sites is 1. The Labute approximate surface area is 261 Å². The average Bonchev–Trinajstić information content (AvgIpc) is 3.33. The third kappa shape index (κ3) is 9.29. The van der Waals surface area contributed by atoms with Crippen LogP contribution in [0.4, 0.5) is 13.2 Å². The van der Waals surface area contributed by atoms with Crippen LogP contribution in [0.15, 0.2) is 36.4 Å². The number of hydrogen-bond donors (Lipinski definition) is 3. The van der Waals surface area contributed by atoms with Crippen LogP contribution in [0.5, 0.6) is 0 Å². The molecule has 1 unspecified atom stereocenters. The van der Waals surface area contributed by atoms with Crippen molar-refractivity contribution in [3.8, 4) is 0 Å². The summed E-state index contributed by atoms with van der Waals surface area (Å²) in [6.45, 7) is 6.31. The Bertz CT molecular complexity index is 1430. The highest BCUT2D eigenvalue weighted by Gasteiger charge is 2.41. The van der Waals surface area contributed by atoms with Crippen molar-refractivity contribution in [2.45, 2.75) is 57.8 Å². The summed E-state index contributed by atoms with van der Waals surface area (Å²) < 4.78 is 62.2. The third-order valence-electron chi connectivity index (χ3n) is 7.66. The van der Waals surface area contributed by atoms with Crippen LogP contribution in [-0.4, -0.2) is 91.3 Å². The molecule has 0 saturated carbocycles. The number of nitrogens with zero attached hydrogens (tertiary/aromatic N) is 1. The summed E-state index contributed by atoms with van der Waals surface area (Å²) in [5, 5.41) is 12.1. The molecule has 2 atom stereocenters. The molecule has 2 aromatic carbocycles. The van der Waals surface area contributed by atoms with Crippen molar-refractivity contribution in [1.29, 1.82) is 0 Å². The minimum absolute atomic E-state index is 0.0327. The summed E-state index contributed by atoms with van der Waals surface area (Å²) in [6, 6.07) is 8.67. The van der Waals surface area contributed by atoms with E-state index in [1.54, 1.807) is 4.90 Å². The summed E-state index contributed by atoms with van der Waals surface area (Å²) in [7, 11) is 0. The van der Waals surface area contributed by atoms with Gasteiger partial charge in [0.15, 0.2) is 0 Å². The standard InChI is InChI=1S/C33H42F3N3O6/c1-21-16-24-23-8-4-5-9-27(23)38-30(24)31(39(21)20-33(2,3)36)29-25(34)17-22(18-26(29)35)32(42)37-10-6-7-11-43-12-13-44-14-15-45-19-28(40)41/h4-5,8-9,17-18,21,31,38H,6-7,10-16,19-20H2,1-3H3,(H,37,42)(H,40,41)/t21-,31?/m1/s1. The third-order valence-corrected chi connectivity index (χ3v) is 7.66. The highest BCUT2D eigenvalue weighted by atomic mass is 19.1. The zero-order valence-corrected chi connectivity index (χ0v) is 26.0. The van der Waals surface area contributed by atoms with Gasteiger partial charge in [0.2, 0.25) is 0 Å². The van der Waals surface area contributed by atoms with Gasteiger partial charge in [0.1, 0.15) is 23.9 Å². The monoisotopic (exact) mass is 633 g/mol. The van der Waals surface area contributed by atoms with E-state index >= 15 is 8.78 Å². The fraction of sp³-hybridized carbons (Fsp3) is 0.515. The van der Waals surface area contributed by atoms with E-state index in [1.165, 1.54) is 13.8 Å². The molecule has 9 nitrogen and oxygen atoms in total. The number of hydrogen-bond acceptors (Lipinski definition) is 6. The zero-order chi connectivity index (χ0) is 32.6. The minimum atomic E-state index is -1.61. The molecule has 0 saturated heterocycles. The van der Waals surface area contributed by atoms with Crippen molar-refractivity contribution in [2.24, 2.45) is 0 Å². The lowest BCUT2D eigenvalue weighted by Crippen LogP contribution is -2.48. The highest BCUT2D eigenvalue weighted by Crippen LogP contribution is 2.43. The Kier molecular flexibility index (Phi) is 12.0. The number of rotatable bonds is 17. The van der Waals surface area contributed by atoms with Crippen LogP contribution >= 0.6 is 0 Å². The molecule has 2 heterocycles. The second-order valence-corrected chi connectivity index (χ2v) is 11.9. The van der Waals surface area contributed by atoms with Crippen LogP contribution in [0.2, 0.25) is 0 Å². The van der Waals surface area contributed by atoms with Crippen molar-refractivity contribution in [1.82, 2.24) is 15.2 Å². The Morgan fingerprint density at radius 1 is 1.02 bits per heavy atom. The lowest BCUT2D eigenvalue weighted by molar-refractivity contribution is -0.142. The molecule has 45 heavy (non-hydrogen) atoms. The molecule has 1 aromatic heterocycles. The smallest absolute Gasteiger partial charge is 0.329 e. The number of H-pyrrole nitrogens is 1. The molecule has 12 heteroatoms. The number of carboxylic acid groups (broad SMARTS) is 1. The largest absolute Gasteiger partial charge is 0.480 e. The normalized spacial score (nSPS) is 17.0. The number of nitrogens with one attached hydrogen (secondary N) is 2. The molecule has 0 aliphatic carbocycles. The number of benzene rings is 2. The van der Waals surface area contributed by atoms with Crippen LogP contribution in [0.1, 0.15) is 66.8 Å². The zero-order valence-electron chi connectivity index (χ0n) is 26.0. The van der Waals surface area contributed by atoms with Gasteiger partial charge in [-0.05, 0) is 63.8 Å². The number of carboxylic acids is 1. The van der Waals surface area contributed by atoms with Crippen LogP contribution in [0, 0.1) is 11.6 Å². The fourth-order valence-corrected chi connectivity index (χ4v) is 5.71. The number of aliphatic carboxylic acids is 1. The number of unbranched alkanes of at least 4 members (excludes halogenated alkanes) is 1. The first-order valence-electron chi connectivity index (χ1n) is 15.2. The van der Waals surface area contributed by atoms with Gasteiger partial charge < -0.3 is 29.6 Å². The Hall–Kier alpha value is -3.45. The van der Waals surface area contributed by atoms with E-state index in [9.17, 15) is 14.0 Å². The Morgan fingerprint density at radius 2 is 1.67 bits per heavy atom. The lowest BCUT2D eigenvalue weighted by Gasteiger charge is -2.43. The number of ether oxygens (including phenoxy) is 3. The molecule has 3 N–H and O–H groups in total. The van der Waals surface area contributed by atoms with Crippen molar-refractivity contribution in [3.63, 3.8) is 0 Å². The molecule has 1 aliphatic heterocycles. The quantitative estimate of drug-likeness (QED) is 0.176. The minimum Gasteiger partial charge on any atom is -0.480 e. The molecule has 0 bridgehead atoms. The first kappa shape index (κ1) is 34.4. The maximum absolute atomic E-state index is 15.8. The van der Waals surface area contributed by atoms with E-state index in [4.69, 9.17) is 19.3 Å². The molecule has 0 radical (unpaired) electrons. The predicted molar refractivity (Wildman–Crippen MR) is 163 cm³/mol. The molecule has 0 fully saturated rings. The molecule has 3 aromatic rings. The molecule has 246 valence electrons. The van der Waals surface area contributed by atoms with Crippen molar-refractivity contribution in [2.75, 3.05) is 52.7 Å². The number of aromatic amines is 1. The summed E-state index contributed by atoms with van der Waals surface area (Å²) in [5.41, 5.74) is 0.470. The molecule has 4 rings (SSSR count). The molecule has 1 aliphatic rings. The first-order chi connectivity index (χ1) is 21.5. The number of halogens is 3. The fourth-order valence-electron chi connectivity index (χ4n) is 5.71. The van der Waals surface area contributed by atoms with Crippen LogP contribution < -0.4 is 5.32 Å². The second-order valence-electron chi connectivity index (χ2n) is 11.9. The van der Waals surface area contributed by atoms with Gasteiger partial charge in [-0.1, -0.05) is 18.2 Å². The van der Waals surface area contributed by atoms with E-state index in [0.29, 0.717) is 51.3 Å². The van der Waals surface area contributed by atoms with Gasteiger partial charge in [0, 0.05) is 53.5 Å². The van der Waals surface area contributed by atoms with Crippen LogP contribution in [0.3, 0.4) is 0 Å². The Balaban J connectivity index is 1.34. The summed E-state index contributed by atoms with van der Waals surface area (Å²) >= 11 is 0. The van der Waals surface area contributed by atoms with Gasteiger partial charge >= 0.3 is 5.97 Å². The maximum Gasteiger partial charge on any atom is 0.329 e. The van der Waals surface area contributed by atoms with Crippen LogP contribution in [-0.2, 0) is 25.4 Å². The number of aromatic nitrogens is 1. The number of fused-ring (bicyclic) bond motifs is 3. The van der Waals surface area contributed by atoms with Crippen molar-refractivity contribution < 1.29 is 42.1 Å². The van der Waals surface area contributed by atoms with Gasteiger partial charge in [0.05, 0.1) is 32.5 Å². The van der Waals surface area contributed by atoms with Gasteiger partial charge in [-0.2, -0.15) is 0 Å². The average molecular weight is 634 g/mol. The first-order valence-corrected chi connectivity index (χ1v) is 15.2. The van der Waals surface area contributed by atoms with Crippen LogP contribution in [0.25, 0.3) is 10.9 Å². The topological polar surface area (TPSA) is 113 Å². The molecular formula is C33H42F3N3O6. The summed E-state index contributed by atoms with van der Waals surface area (Å²) in [4.78, 5) is 28.3. The summed E-state index contributed by atoms with van der Waals surface area (Å²) in [6.07, 6.45) is 1.84. The van der Waals surface area contributed by atoms with E-state index in [2.05, 4.69) is 10.3 Å². The highest BCUT2D eigenvalue weighted by molar-refractivity contribution is 5.94. The lowest BCUT2D eigenvalue weighted by atomic mass is 9.87. The number of amides is 1. The number of carbonyl (C=O) groups excluding carboxylic acids is 1. The van der Waals surface area contributed by atoms with E-state index in [-0.39, 0.29) is 43.5 Å². The van der Waals surface area contributed by atoms with E-state index < -0.39 is 35.2 Å². The van der Waals surface area contributed by atoms with Gasteiger partial charge in [-0.3, -0.25) is 9.69 Å². The Morgan fingerprint density at radius 3 is 2.33 bits per heavy atom. The molecule has 1 amide bonds. The van der Waals surface area contributed by atoms with Crippen molar-refractivity contribution in [3.05, 3.63) is 70.4 Å². The second kappa shape index (κ2) is 15.7. The molecular weight excluding hydrogens is 591 g/mol. The SMILES string of the molecule is C[C@@H]1Cc2c([nH]c3ccccc23)C(c2c(F)cc(C(=O)NCCCCOCCOCCOCC(=O)O)cc2F)N1CC(C)(C)F. The predicted octanol–water partition coefficient (Wildman–Crippen LogP) is 5.17. The molecule has 0 spiro atoms. The van der Waals surface area contributed by atoms with Gasteiger partial charge in [-0.25, -0.2) is 18.0 Å². The maximum atomic E-state index is 15.8.